The number of morpholine rings is 1. The van der Waals surface area contributed by atoms with Gasteiger partial charge in [0.25, 0.3) is 0 Å². The number of nitrogens with one attached hydrogen (secondary N) is 1. The Hall–Kier alpha value is -0.650. The number of aliphatic carboxylic acids is 1. The Balaban J connectivity index is 1.79. The van der Waals surface area contributed by atoms with Gasteiger partial charge in [0.2, 0.25) is 0 Å². The Morgan fingerprint density at radius 3 is 2.76 bits per heavy atom. The highest BCUT2D eigenvalue weighted by molar-refractivity contribution is 5.78. The van der Waals surface area contributed by atoms with Crippen LogP contribution in [0.15, 0.2) is 0 Å². The topological polar surface area (TPSA) is 61.8 Å². The number of hydrogen-bond acceptors (Lipinski definition) is 4. The summed E-state index contributed by atoms with van der Waals surface area (Å²) >= 11 is 0. The molecule has 0 amide bonds. The minimum Gasteiger partial charge on any atom is -0.480 e. The summed E-state index contributed by atoms with van der Waals surface area (Å²) in [6.07, 6.45) is 5.93. The summed E-state index contributed by atoms with van der Waals surface area (Å²) < 4.78 is 5.68. The van der Waals surface area contributed by atoms with E-state index in [0.717, 1.165) is 51.9 Å². The second kappa shape index (κ2) is 7.56. The largest absolute Gasteiger partial charge is 0.480 e. The van der Waals surface area contributed by atoms with Crippen LogP contribution in [-0.2, 0) is 9.53 Å². The van der Waals surface area contributed by atoms with Gasteiger partial charge in [0.1, 0.15) is 5.54 Å². The number of ether oxygens (including phenoxy) is 1. The Morgan fingerprint density at radius 1 is 1.43 bits per heavy atom. The fourth-order valence-electron chi connectivity index (χ4n) is 3.12. The fourth-order valence-corrected chi connectivity index (χ4v) is 3.12. The number of carboxylic acids is 1. The van der Waals surface area contributed by atoms with Crippen LogP contribution in [0.5, 0.6) is 0 Å². The lowest BCUT2D eigenvalue weighted by Crippen LogP contribution is -2.53. The van der Waals surface area contributed by atoms with Gasteiger partial charge in [-0.3, -0.25) is 15.0 Å². The summed E-state index contributed by atoms with van der Waals surface area (Å²) in [4.78, 5) is 14.1. The van der Waals surface area contributed by atoms with E-state index in [1.165, 1.54) is 0 Å². The van der Waals surface area contributed by atoms with Crippen molar-refractivity contribution in [2.75, 3.05) is 26.2 Å². The van der Waals surface area contributed by atoms with E-state index in [2.05, 4.69) is 17.1 Å². The Kier molecular flexibility index (Phi) is 6.02. The van der Waals surface area contributed by atoms with Crippen molar-refractivity contribution in [3.8, 4) is 0 Å². The third kappa shape index (κ3) is 4.66. The zero-order valence-corrected chi connectivity index (χ0v) is 13.4. The third-order valence-electron chi connectivity index (χ3n) is 4.83. The standard InChI is InChI=1S/C16H30N2O3/c1-3-14-12-18(10-11-21-14)9-5-8-16(4-2,15(19)20)17-13-6-7-13/h13-14,17H,3-12H2,1-2H3,(H,19,20). The molecule has 122 valence electrons. The quantitative estimate of drug-likeness (QED) is 0.680. The first-order chi connectivity index (χ1) is 10.1. The first-order valence-corrected chi connectivity index (χ1v) is 8.44. The summed E-state index contributed by atoms with van der Waals surface area (Å²) in [6, 6.07) is 0.425. The minimum absolute atomic E-state index is 0.346. The van der Waals surface area contributed by atoms with Gasteiger partial charge in [0, 0.05) is 19.1 Å². The van der Waals surface area contributed by atoms with Crippen LogP contribution in [0, 0.1) is 0 Å². The average Bonchev–Trinajstić information content (AvgIpc) is 3.30. The van der Waals surface area contributed by atoms with Crippen LogP contribution in [0.25, 0.3) is 0 Å². The molecule has 0 bridgehead atoms. The lowest BCUT2D eigenvalue weighted by Gasteiger charge is -2.34. The maximum absolute atomic E-state index is 11.7. The van der Waals surface area contributed by atoms with Crippen LogP contribution in [0.1, 0.15) is 52.4 Å². The van der Waals surface area contributed by atoms with E-state index in [1.807, 2.05) is 6.92 Å². The van der Waals surface area contributed by atoms with Gasteiger partial charge in [-0.15, -0.1) is 0 Å². The van der Waals surface area contributed by atoms with Crippen molar-refractivity contribution in [1.82, 2.24) is 10.2 Å². The Morgan fingerprint density at radius 2 is 2.19 bits per heavy atom. The van der Waals surface area contributed by atoms with E-state index in [4.69, 9.17) is 4.74 Å². The zero-order chi connectivity index (χ0) is 15.3. The molecule has 1 aliphatic heterocycles. The monoisotopic (exact) mass is 298 g/mol. The number of nitrogens with zero attached hydrogens (tertiary/aromatic N) is 1. The summed E-state index contributed by atoms with van der Waals surface area (Å²) in [6.45, 7) is 7.86. The fraction of sp³-hybridized carbons (Fsp3) is 0.938. The molecule has 0 spiro atoms. The SMILES string of the molecule is CCC1CN(CCCC(CC)(NC2CC2)C(=O)O)CCO1. The molecule has 2 aliphatic rings. The first kappa shape index (κ1) is 16.7. The maximum atomic E-state index is 11.7. The van der Waals surface area contributed by atoms with Crippen LogP contribution in [0.4, 0.5) is 0 Å². The van der Waals surface area contributed by atoms with E-state index in [1.54, 1.807) is 0 Å². The van der Waals surface area contributed by atoms with E-state index in [-0.39, 0.29) is 0 Å². The average molecular weight is 298 g/mol. The second-order valence-corrected chi connectivity index (χ2v) is 6.46. The first-order valence-electron chi connectivity index (χ1n) is 8.44. The molecule has 21 heavy (non-hydrogen) atoms. The zero-order valence-electron chi connectivity index (χ0n) is 13.4. The van der Waals surface area contributed by atoms with Crippen LogP contribution in [0.2, 0.25) is 0 Å². The predicted molar refractivity (Wildman–Crippen MR) is 82.5 cm³/mol. The predicted octanol–water partition coefficient (Wildman–Crippen LogP) is 1.86. The van der Waals surface area contributed by atoms with Gasteiger partial charge in [0.05, 0.1) is 12.7 Å². The molecular formula is C16H30N2O3. The van der Waals surface area contributed by atoms with Crippen molar-refractivity contribution in [1.29, 1.82) is 0 Å². The molecule has 0 radical (unpaired) electrons. The third-order valence-corrected chi connectivity index (χ3v) is 4.83. The molecule has 0 aromatic carbocycles. The van der Waals surface area contributed by atoms with E-state index in [0.29, 0.717) is 25.0 Å². The van der Waals surface area contributed by atoms with Gasteiger partial charge in [-0.2, -0.15) is 0 Å². The molecule has 2 fully saturated rings. The van der Waals surface area contributed by atoms with E-state index >= 15 is 0 Å². The highest BCUT2D eigenvalue weighted by Crippen LogP contribution is 2.27. The van der Waals surface area contributed by atoms with Crippen LogP contribution in [-0.4, -0.2) is 59.9 Å². The van der Waals surface area contributed by atoms with Crippen molar-refractivity contribution in [2.45, 2.75) is 70.1 Å². The van der Waals surface area contributed by atoms with Crippen LogP contribution in [0.3, 0.4) is 0 Å². The van der Waals surface area contributed by atoms with Gasteiger partial charge < -0.3 is 9.84 Å². The van der Waals surface area contributed by atoms with Crippen LogP contribution >= 0.6 is 0 Å². The molecule has 2 rings (SSSR count). The second-order valence-electron chi connectivity index (χ2n) is 6.46. The molecule has 0 aromatic rings. The van der Waals surface area contributed by atoms with Crippen molar-refractivity contribution in [3.05, 3.63) is 0 Å². The molecule has 5 nitrogen and oxygen atoms in total. The molecule has 1 saturated carbocycles. The molecular weight excluding hydrogens is 268 g/mol. The smallest absolute Gasteiger partial charge is 0.323 e. The van der Waals surface area contributed by atoms with Gasteiger partial charge in [0.15, 0.2) is 0 Å². The summed E-state index contributed by atoms with van der Waals surface area (Å²) in [7, 11) is 0. The Labute approximate surface area is 128 Å². The van der Waals surface area contributed by atoms with Crippen LogP contribution < -0.4 is 5.32 Å². The summed E-state index contributed by atoms with van der Waals surface area (Å²) in [5, 5.41) is 13.0. The normalized spacial score (nSPS) is 26.5. The minimum atomic E-state index is -0.725. The van der Waals surface area contributed by atoms with E-state index < -0.39 is 11.5 Å². The molecule has 1 heterocycles. The van der Waals surface area contributed by atoms with E-state index in [9.17, 15) is 9.90 Å². The molecule has 2 N–H and O–H groups in total. The maximum Gasteiger partial charge on any atom is 0.323 e. The van der Waals surface area contributed by atoms with Crippen molar-refractivity contribution in [3.63, 3.8) is 0 Å². The summed E-state index contributed by atoms with van der Waals surface area (Å²) in [5.41, 5.74) is -0.725. The van der Waals surface area contributed by atoms with Gasteiger partial charge in [-0.05, 0) is 45.1 Å². The molecule has 1 saturated heterocycles. The van der Waals surface area contributed by atoms with Crippen molar-refractivity contribution in [2.24, 2.45) is 0 Å². The highest BCUT2D eigenvalue weighted by atomic mass is 16.5. The molecule has 2 atom stereocenters. The summed E-state index contributed by atoms with van der Waals surface area (Å²) in [5.74, 6) is -0.690. The van der Waals surface area contributed by atoms with Gasteiger partial charge in [-0.25, -0.2) is 0 Å². The number of hydrogen-bond donors (Lipinski definition) is 2. The molecule has 1 aliphatic carbocycles. The lowest BCUT2D eigenvalue weighted by atomic mass is 9.90. The highest BCUT2D eigenvalue weighted by Gasteiger charge is 2.40. The number of carboxylic acid groups (broad SMARTS) is 1. The van der Waals surface area contributed by atoms with Gasteiger partial charge >= 0.3 is 5.97 Å². The molecule has 5 heteroatoms. The number of carbonyl (C=O) groups is 1. The van der Waals surface area contributed by atoms with Crippen molar-refractivity contribution >= 4 is 5.97 Å². The molecule has 2 unspecified atom stereocenters. The Bertz CT molecular complexity index is 346. The molecule has 0 aromatic heterocycles. The lowest BCUT2D eigenvalue weighted by molar-refractivity contribution is -0.145. The van der Waals surface area contributed by atoms with Crippen molar-refractivity contribution < 1.29 is 14.6 Å². The number of rotatable bonds is 9. The van der Waals surface area contributed by atoms with Gasteiger partial charge in [-0.1, -0.05) is 13.8 Å².